The Morgan fingerprint density at radius 1 is 1.03 bits per heavy atom. The predicted molar refractivity (Wildman–Crippen MR) is 111 cm³/mol. The zero-order chi connectivity index (χ0) is 20.3. The third-order valence-electron chi connectivity index (χ3n) is 5.35. The lowest BCUT2D eigenvalue weighted by molar-refractivity contribution is 0.0383. The van der Waals surface area contributed by atoms with Crippen LogP contribution in [0, 0.1) is 0 Å². The normalized spacial score (nSPS) is 17.2. The first-order chi connectivity index (χ1) is 14.1. The van der Waals surface area contributed by atoms with E-state index in [4.69, 9.17) is 4.74 Å². The second kappa shape index (κ2) is 8.52. The van der Waals surface area contributed by atoms with Crippen LogP contribution in [0.2, 0.25) is 0 Å². The lowest BCUT2D eigenvalue weighted by Gasteiger charge is -2.26. The van der Waals surface area contributed by atoms with Crippen LogP contribution in [0.3, 0.4) is 0 Å². The largest absolute Gasteiger partial charge is 0.379 e. The zero-order valence-electron chi connectivity index (χ0n) is 16.2. The van der Waals surface area contributed by atoms with Crippen LogP contribution in [0.5, 0.6) is 0 Å². The molecule has 0 aliphatic carbocycles. The first kappa shape index (κ1) is 19.9. The minimum Gasteiger partial charge on any atom is -0.379 e. The van der Waals surface area contributed by atoms with Gasteiger partial charge in [0.05, 0.1) is 23.8 Å². The number of para-hydroxylation sites is 1. The number of nitrogens with one attached hydrogen (secondary N) is 1. The quantitative estimate of drug-likeness (QED) is 0.774. The molecule has 0 spiro atoms. The molecule has 154 valence electrons. The highest BCUT2D eigenvalue weighted by atomic mass is 32.2. The molecule has 2 aliphatic heterocycles. The van der Waals surface area contributed by atoms with Gasteiger partial charge in [0.15, 0.2) is 0 Å². The maximum atomic E-state index is 13.2. The topological polar surface area (TPSA) is 79.0 Å². The van der Waals surface area contributed by atoms with Gasteiger partial charge in [-0.15, -0.1) is 0 Å². The van der Waals surface area contributed by atoms with Crippen LogP contribution in [-0.2, 0) is 21.2 Å². The van der Waals surface area contributed by atoms with Gasteiger partial charge in [-0.2, -0.15) is 0 Å². The summed E-state index contributed by atoms with van der Waals surface area (Å²) in [6, 6.07) is 13.8. The van der Waals surface area contributed by atoms with Gasteiger partial charge in [0.1, 0.15) is 0 Å². The zero-order valence-corrected chi connectivity index (χ0v) is 17.0. The fourth-order valence-corrected chi connectivity index (χ4v) is 5.29. The highest BCUT2D eigenvalue weighted by Gasteiger charge is 2.30. The molecular formula is C21H25N3O4S. The van der Waals surface area contributed by atoms with E-state index in [9.17, 15) is 13.2 Å². The summed E-state index contributed by atoms with van der Waals surface area (Å²) in [6.07, 6.45) is 0.692. The molecule has 4 rings (SSSR count). The minimum absolute atomic E-state index is 0.134. The Morgan fingerprint density at radius 3 is 2.66 bits per heavy atom. The molecule has 2 heterocycles. The van der Waals surface area contributed by atoms with Crippen molar-refractivity contribution in [3.05, 3.63) is 59.7 Å². The Hall–Kier alpha value is -2.42. The second-order valence-electron chi connectivity index (χ2n) is 7.19. The molecule has 0 radical (unpaired) electrons. The highest BCUT2D eigenvalue weighted by Crippen LogP contribution is 2.32. The van der Waals surface area contributed by atoms with Crippen molar-refractivity contribution in [1.29, 1.82) is 0 Å². The lowest BCUT2D eigenvalue weighted by Crippen LogP contribution is -2.41. The Bertz CT molecular complexity index is 987. The maximum Gasteiger partial charge on any atom is 0.264 e. The highest BCUT2D eigenvalue weighted by molar-refractivity contribution is 7.92. The fraction of sp³-hybridized carbons (Fsp3) is 0.381. The smallest absolute Gasteiger partial charge is 0.264 e. The molecule has 7 nitrogen and oxygen atoms in total. The van der Waals surface area contributed by atoms with Crippen LogP contribution in [0.15, 0.2) is 53.4 Å². The van der Waals surface area contributed by atoms with Crippen molar-refractivity contribution in [1.82, 2.24) is 10.2 Å². The number of fused-ring (bicyclic) bond motifs is 1. The first-order valence-corrected chi connectivity index (χ1v) is 11.3. The number of hydrogen-bond donors (Lipinski definition) is 1. The van der Waals surface area contributed by atoms with Crippen LogP contribution < -0.4 is 9.62 Å². The van der Waals surface area contributed by atoms with E-state index in [1.165, 1.54) is 10.4 Å². The first-order valence-electron chi connectivity index (χ1n) is 9.85. The summed E-state index contributed by atoms with van der Waals surface area (Å²) in [5.74, 6) is -0.267. The lowest BCUT2D eigenvalue weighted by atomic mass is 10.2. The van der Waals surface area contributed by atoms with Crippen molar-refractivity contribution < 1.29 is 17.9 Å². The monoisotopic (exact) mass is 415 g/mol. The van der Waals surface area contributed by atoms with E-state index in [1.807, 2.05) is 24.3 Å². The Kier molecular flexibility index (Phi) is 5.84. The van der Waals surface area contributed by atoms with Crippen molar-refractivity contribution in [2.75, 3.05) is 50.2 Å². The summed E-state index contributed by atoms with van der Waals surface area (Å²) in [5, 5.41) is 2.88. The number of ether oxygens (including phenoxy) is 1. The number of amides is 1. The Balaban J connectivity index is 1.44. The molecule has 29 heavy (non-hydrogen) atoms. The molecule has 0 unspecified atom stereocenters. The van der Waals surface area contributed by atoms with Gasteiger partial charge in [-0.3, -0.25) is 14.0 Å². The number of anilines is 1. The van der Waals surface area contributed by atoms with Crippen molar-refractivity contribution in [2.24, 2.45) is 0 Å². The molecule has 2 aromatic carbocycles. The SMILES string of the molecule is O=C(NCCN1CCOCC1)c1cccc(S(=O)(=O)N2CCc3ccccc32)c1. The van der Waals surface area contributed by atoms with Gasteiger partial charge < -0.3 is 10.1 Å². The summed E-state index contributed by atoms with van der Waals surface area (Å²) in [5.41, 5.74) is 2.08. The second-order valence-corrected chi connectivity index (χ2v) is 9.06. The average molecular weight is 416 g/mol. The molecule has 1 saturated heterocycles. The third kappa shape index (κ3) is 4.29. The van der Waals surface area contributed by atoms with Crippen LogP contribution in [0.1, 0.15) is 15.9 Å². The molecule has 0 atom stereocenters. The summed E-state index contributed by atoms with van der Waals surface area (Å²) in [4.78, 5) is 14.9. The molecular weight excluding hydrogens is 390 g/mol. The van der Waals surface area contributed by atoms with E-state index >= 15 is 0 Å². The standard InChI is InChI=1S/C21H25N3O4S/c25-21(22-9-11-23-12-14-28-15-13-23)18-5-3-6-19(16-18)29(26,27)24-10-8-17-4-1-2-7-20(17)24/h1-7,16H,8-15H2,(H,22,25). The Labute approximate surface area is 171 Å². The molecule has 0 aromatic heterocycles. The van der Waals surface area contributed by atoms with E-state index < -0.39 is 10.0 Å². The van der Waals surface area contributed by atoms with Crippen molar-refractivity contribution in [2.45, 2.75) is 11.3 Å². The number of nitrogens with zero attached hydrogens (tertiary/aromatic N) is 2. The van der Waals surface area contributed by atoms with Gasteiger partial charge >= 0.3 is 0 Å². The minimum atomic E-state index is -3.71. The Morgan fingerprint density at radius 2 is 1.83 bits per heavy atom. The van der Waals surface area contributed by atoms with Crippen molar-refractivity contribution in [3.63, 3.8) is 0 Å². The van der Waals surface area contributed by atoms with E-state index in [2.05, 4.69) is 10.2 Å². The molecule has 0 bridgehead atoms. The van der Waals surface area contributed by atoms with E-state index in [1.54, 1.807) is 18.2 Å². The molecule has 2 aliphatic rings. The number of morpholine rings is 1. The molecule has 0 saturated carbocycles. The van der Waals surface area contributed by atoms with Gasteiger partial charge in [-0.25, -0.2) is 8.42 Å². The van der Waals surface area contributed by atoms with Crippen LogP contribution >= 0.6 is 0 Å². The fourth-order valence-electron chi connectivity index (χ4n) is 3.74. The van der Waals surface area contributed by atoms with Gasteiger partial charge in [0.2, 0.25) is 0 Å². The van der Waals surface area contributed by atoms with E-state index in [0.29, 0.717) is 44.0 Å². The molecule has 8 heteroatoms. The predicted octanol–water partition coefficient (Wildman–Crippen LogP) is 1.50. The summed E-state index contributed by atoms with van der Waals surface area (Å²) >= 11 is 0. The maximum absolute atomic E-state index is 13.2. The number of carbonyl (C=O) groups is 1. The summed E-state index contributed by atoms with van der Waals surface area (Å²) in [7, 11) is -3.71. The number of hydrogen-bond acceptors (Lipinski definition) is 5. The van der Waals surface area contributed by atoms with Gasteiger partial charge in [-0.05, 0) is 36.2 Å². The number of rotatable bonds is 6. The van der Waals surface area contributed by atoms with Crippen LogP contribution in [-0.4, -0.2) is 65.2 Å². The van der Waals surface area contributed by atoms with Gasteiger partial charge in [0, 0.05) is 38.3 Å². The van der Waals surface area contributed by atoms with Crippen molar-refractivity contribution >= 4 is 21.6 Å². The van der Waals surface area contributed by atoms with Gasteiger partial charge in [-0.1, -0.05) is 24.3 Å². The van der Waals surface area contributed by atoms with E-state index in [-0.39, 0.29) is 10.8 Å². The molecule has 1 amide bonds. The average Bonchev–Trinajstić information content (AvgIpc) is 3.19. The van der Waals surface area contributed by atoms with Crippen molar-refractivity contribution in [3.8, 4) is 0 Å². The number of benzene rings is 2. The van der Waals surface area contributed by atoms with Crippen LogP contribution in [0.25, 0.3) is 0 Å². The molecule has 2 aromatic rings. The van der Waals surface area contributed by atoms with Gasteiger partial charge in [0.25, 0.3) is 15.9 Å². The van der Waals surface area contributed by atoms with Crippen LogP contribution in [0.4, 0.5) is 5.69 Å². The number of sulfonamides is 1. The summed E-state index contributed by atoms with van der Waals surface area (Å²) < 4.78 is 33.1. The number of carbonyl (C=O) groups excluding carboxylic acids is 1. The van der Waals surface area contributed by atoms with E-state index in [0.717, 1.165) is 25.2 Å². The molecule has 1 fully saturated rings. The molecule has 1 N–H and O–H groups in total. The summed E-state index contributed by atoms with van der Waals surface area (Å²) in [6.45, 7) is 4.83. The third-order valence-corrected chi connectivity index (χ3v) is 7.16.